The van der Waals surface area contributed by atoms with Crippen LogP contribution in [0.3, 0.4) is 0 Å². The van der Waals surface area contributed by atoms with Crippen molar-refractivity contribution in [2.45, 2.75) is 65.4 Å². The first-order valence-corrected chi connectivity index (χ1v) is 6.75. The van der Waals surface area contributed by atoms with E-state index < -0.39 is 5.60 Å². The van der Waals surface area contributed by atoms with Crippen molar-refractivity contribution < 1.29 is 5.11 Å². The zero-order valence-corrected chi connectivity index (χ0v) is 11.2. The Morgan fingerprint density at radius 3 is 2.56 bits per heavy atom. The van der Waals surface area contributed by atoms with Crippen LogP contribution in [0.15, 0.2) is 11.6 Å². The van der Waals surface area contributed by atoms with Crippen molar-refractivity contribution in [3.63, 3.8) is 0 Å². The molecule has 2 aliphatic carbocycles. The molecule has 0 aromatic carbocycles. The highest BCUT2D eigenvalue weighted by atomic mass is 16.3. The molecule has 3 atom stereocenters. The quantitative estimate of drug-likeness (QED) is 0.667. The molecule has 1 heteroatoms. The van der Waals surface area contributed by atoms with Gasteiger partial charge in [0.1, 0.15) is 0 Å². The van der Waals surface area contributed by atoms with Gasteiger partial charge in [0.15, 0.2) is 0 Å². The van der Waals surface area contributed by atoms with Crippen molar-refractivity contribution in [3.8, 4) is 0 Å². The smallest absolute Gasteiger partial charge is 0.0622 e. The largest absolute Gasteiger partial charge is 0.390 e. The number of fused-ring (bicyclic) bond motifs is 1. The van der Waals surface area contributed by atoms with Crippen LogP contribution in [0.4, 0.5) is 0 Å². The van der Waals surface area contributed by atoms with E-state index in [0.717, 1.165) is 12.3 Å². The van der Waals surface area contributed by atoms with Crippen LogP contribution >= 0.6 is 0 Å². The van der Waals surface area contributed by atoms with Gasteiger partial charge in [0.05, 0.1) is 5.60 Å². The van der Waals surface area contributed by atoms with Crippen molar-refractivity contribution in [3.05, 3.63) is 11.6 Å². The molecule has 92 valence electrons. The highest BCUT2D eigenvalue weighted by Crippen LogP contribution is 2.51. The molecule has 0 saturated heterocycles. The second kappa shape index (κ2) is 3.87. The second-order valence-corrected chi connectivity index (χ2v) is 6.86. The Morgan fingerprint density at radius 1 is 1.31 bits per heavy atom. The van der Waals surface area contributed by atoms with Crippen LogP contribution in [-0.4, -0.2) is 10.7 Å². The third-order valence-corrected chi connectivity index (χ3v) is 4.92. The third kappa shape index (κ3) is 2.20. The lowest BCUT2D eigenvalue weighted by Crippen LogP contribution is -2.39. The van der Waals surface area contributed by atoms with Crippen LogP contribution in [0.2, 0.25) is 0 Å². The summed E-state index contributed by atoms with van der Waals surface area (Å²) in [7, 11) is 0. The van der Waals surface area contributed by atoms with E-state index in [1.807, 2.05) is 13.8 Å². The zero-order chi connectivity index (χ0) is 12.0. The van der Waals surface area contributed by atoms with Gasteiger partial charge in [0, 0.05) is 0 Å². The molecular weight excluding hydrogens is 196 g/mol. The molecule has 16 heavy (non-hydrogen) atoms. The molecule has 0 bridgehead atoms. The summed E-state index contributed by atoms with van der Waals surface area (Å²) in [4.78, 5) is 0. The molecule has 1 saturated carbocycles. The molecule has 0 amide bonds. The SMILES string of the molecule is CC1C=C2CC(C(C)(C)O)CCC2(C)CC1. The standard InChI is InChI=1S/C15H26O/c1-11-5-7-15(4)8-6-12(14(2,3)16)10-13(15)9-11/h9,11-12,16H,5-8,10H2,1-4H3. The monoisotopic (exact) mass is 222 g/mol. The average molecular weight is 222 g/mol. The molecule has 1 nitrogen and oxygen atoms in total. The summed E-state index contributed by atoms with van der Waals surface area (Å²) in [6.45, 7) is 8.67. The number of rotatable bonds is 1. The molecule has 0 aliphatic heterocycles. The predicted octanol–water partition coefficient (Wildman–Crippen LogP) is 3.92. The minimum absolute atomic E-state index is 0.453. The number of hydrogen-bond acceptors (Lipinski definition) is 1. The Kier molecular flexibility index (Phi) is 2.94. The zero-order valence-electron chi connectivity index (χ0n) is 11.2. The molecule has 0 heterocycles. The summed E-state index contributed by atoms with van der Waals surface area (Å²) < 4.78 is 0. The molecule has 0 radical (unpaired) electrons. The van der Waals surface area contributed by atoms with Crippen molar-refractivity contribution in [2.75, 3.05) is 0 Å². The first kappa shape index (κ1) is 12.2. The van der Waals surface area contributed by atoms with Gasteiger partial charge >= 0.3 is 0 Å². The fourth-order valence-corrected chi connectivity index (χ4v) is 3.40. The predicted molar refractivity (Wildman–Crippen MR) is 68.2 cm³/mol. The fraction of sp³-hybridized carbons (Fsp3) is 0.867. The summed E-state index contributed by atoms with van der Waals surface area (Å²) in [5.41, 5.74) is 1.57. The molecule has 1 fully saturated rings. The highest BCUT2D eigenvalue weighted by molar-refractivity contribution is 5.21. The highest BCUT2D eigenvalue weighted by Gasteiger charge is 2.41. The number of hydrogen-bond donors (Lipinski definition) is 1. The van der Waals surface area contributed by atoms with Gasteiger partial charge in [0.25, 0.3) is 0 Å². The topological polar surface area (TPSA) is 20.2 Å². The maximum atomic E-state index is 10.2. The lowest BCUT2D eigenvalue weighted by Gasteiger charge is -2.46. The molecule has 2 rings (SSSR count). The van der Waals surface area contributed by atoms with Gasteiger partial charge < -0.3 is 5.11 Å². The van der Waals surface area contributed by atoms with Crippen molar-refractivity contribution in [1.29, 1.82) is 0 Å². The lowest BCUT2D eigenvalue weighted by atomic mass is 9.60. The van der Waals surface area contributed by atoms with Crippen LogP contribution in [0.5, 0.6) is 0 Å². The normalized spacial score (nSPS) is 40.2. The van der Waals surface area contributed by atoms with Crippen LogP contribution in [0.25, 0.3) is 0 Å². The minimum atomic E-state index is -0.511. The Labute approximate surface area is 99.9 Å². The Balaban J connectivity index is 2.19. The molecule has 3 unspecified atom stereocenters. The number of aliphatic hydroxyl groups is 1. The van der Waals surface area contributed by atoms with Gasteiger partial charge in [-0.2, -0.15) is 0 Å². The summed E-state index contributed by atoms with van der Waals surface area (Å²) in [5.74, 6) is 1.20. The number of allylic oxidation sites excluding steroid dienone is 2. The summed E-state index contributed by atoms with van der Waals surface area (Å²) >= 11 is 0. The van der Waals surface area contributed by atoms with E-state index in [0.29, 0.717) is 11.3 Å². The molecule has 0 aromatic rings. The van der Waals surface area contributed by atoms with Gasteiger partial charge in [-0.25, -0.2) is 0 Å². The van der Waals surface area contributed by atoms with E-state index in [1.54, 1.807) is 5.57 Å². The average Bonchev–Trinajstić information content (AvgIpc) is 2.16. The minimum Gasteiger partial charge on any atom is -0.390 e. The van der Waals surface area contributed by atoms with Crippen LogP contribution in [0.1, 0.15) is 59.8 Å². The Hall–Kier alpha value is -0.300. The van der Waals surface area contributed by atoms with E-state index in [2.05, 4.69) is 19.9 Å². The Morgan fingerprint density at radius 2 is 1.94 bits per heavy atom. The van der Waals surface area contributed by atoms with Gasteiger partial charge in [-0.1, -0.05) is 25.5 Å². The summed E-state index contributed by atoms with van der Waals surface area (Å²) in [6, 6.07) is 0. The molecular formula is C15H26O. The summed E-state index contributed by atoms with van der Waals surface area (Å²) in [6.07, 6.45) is 8.74. The van der Waals surface area contributed by atoms with E-state index in [1.165, 1.54) is 25.7 Å². The van der Waals surface area contributed by atoms with Crippen molar-refractivity contribution in [1.82, 2.24) is 0 Å². The Bertz CT molecular complexity index is 297. The van der Waals surface area contributed by atoms with Gasteiger partial charge in [-0.3, -0.25) is 0 Å². The molecule has 1 N–H and O–H groups in total. The van der Waals surface area contributed by atoms with Gasteiger partial charge in [-0.15, -0.1) is 0 Å². The fourth-order valence-electron chi connectivity index (χ4n) is 3.40. The van der Waals surface area contributed by atoms with Crippen LogP contribution in [-0.2, 0) is 0 Å². The molecule has 0 aromatic heterocycles. The van der Waals surface area contributed by atoms with Crippen molar-refractivity contribution >= 4 is 0 Å². The second-order valence-electron chi connectivity index (χ2n) is 6.86. The van der Waals surface area contributed by atoms with Crippen LogP contribution < -0.4 is 0 Å². The maximum Gasteiger partial charge on any atom is 0.0622 e. The van der Waals surface area contributed by atoms with Crippen molar-refractivity contribution in [2.24, 2.45) is 17.3 Å². The van der Waals surface area contributed by atoms with Gasteiger partial charge in [-0.05, 0) is 63.2 Å². The molecule has 0 spiro atoms. The summed E-state index contributed by atoms with van der Waals surface area (Å²) in [5, 5.41) is 10.2. The third-order valence-electron chi connectivity index (χ3n) is 4.92. The maximum absolute atomic E-state index is 10.2. The van der Waals surface area contributed by atoms with E-state index in [-0.39, 0.29) is 0 Å². The first-order chi connectivity index (χ1) is 7.31. The van der Waals surface area contributed by atoms with Gasteiger partial charge in [0.2, 0.25) is 0 Å². The van der Waals surface area contributed by atoms with E-state index in [9.17, 15) is 5.11 Å². The van der Waals surface area contributed by atoms with E-state index in [4.69, 9.17) is 0 Å². The lowest BCUT2D eigenvalue weighted by molar-refractivity contribution is -0.00474. The van der Waals surface area contributed by atoms with E-state index >= 15 is 0 Å². The molecule has 2 aliphatic rings. The first-order valence-electron chi connectivity index (χ1n) is 6.75. The van der Waals surface area contributed by atoms with Crippen LogP contribution in [0, 0.1) is 17.3 Å².